The molecule has 5 heteroatoms. The van der Waals surface area contributed by atoms with Crippen LogP contribution in [0.15, 0.2) is 229 Å². The molecule has 0 saturated heterocycles. The topological polar surface area (TPSA) is 56.7 Å². The SMILES string of the molecule is C=C1/C=C\C=C/Cc2c(oc3ccccc23)C=C1c1ccc2c(c1)c1c3ccccc3ccc1n2-c1nc(-c2ccccc2)nc(-c2ccc(-c3ccc(-c4ccccc4)cc3)cc2)n1. The molecule has 0 bridgehead atoms. The Labute approximate surface area is 376 Å². The smallest absolute Gasteiger partial charge is 0.238 e. The molecule has 8 aromatic carbocycles. The maximum Gasteiger partial charge on any atom is 0.238 e. The van der Waals surface area contributed by atoms with Crippen LogP contribution in [-0.2, 0) is 6.42 Å². The molecule has 306 valence electrons. The number of hydrogen-bond donors (Lipinski definition) is 0. The summed E-state index contributed by atoms with van der Waals surface area (Å²) in [6, 6.07) is 65.7. The van der Waals surface area contributed by atoms with Gasteiger partial charge in [-0.25, -0.2) is 4.98 Å². The van der Waals surface area contributed by atoms with Crippen LogP contribution in [0.25, 0.3) is 106 Å². The number of allylic oxidation sites excluding steroid dienone is 6. The third kappa shape index (κ3) is 6.87. The van der Waals surface area contributed by atoms with Gasteiger partial charge in [-0.15, -0.1) is 0 Å². The van der Waals surface area contributed by atoms with Crippen LogP contribution in [0.4, 0.5) is 0 Å². The Morgan fingerprint density at radius 1 is 0.477 bits per heavy atom. The van der Waals surface area contributed by atoms with Crippen molar-refractivity contribution in [2.75, 3.05) is 0 Å². The second-order valence-corrected chi connectivity index (χ2v) is 16.4. The molecule has 0 atom stereocenters. The lowest BCUT2D eigenvalue weighted by Gasteiger charge is -2.12. The molecule has 11 aromatic rings. The number of nitrogens with zero attached hydrogens (tertiary/aromatic N) is 4. The normalized spacial score (nSPS) is 13.8. The quantitative estimate of drug-likeness (QED) is 0.167. The van der Waals surface area contributed by atoms with Gasteiger partial charge in [0.2, 0.25) is 5.95 Å². The van der Waals surface area contributed by atoms with E-state index in [-0.39, 0.29) is 0 Å². The number of fused-ring (bicyclic) bond motifs is 8. The summed E-state index contributed by atoms with van der Waals surface area (Å²) >= 11 is 0. The summed E-state index contributed by atoms with van der Waals surface area (Å²) in [5, 5.41) is 5.64. The van der Waals surface area contributed by atoms with Crippen molar-refractivity contribution in [3.8, 4) is 51.0 Å². The largest absolute Gasteiger partial charge is 0.456 e. The zero-order valence-electron chi connectivity index (χ0n) is 35.4. The van der Waals surface area contributed by atoms with Gasteiger partial charge in [-0.2, -0.15) is 9.97 Å². The molecular formula is C60H40N4O. The highest BCUT2D eigenvalue weighted by molar-refractivity contribution is 6.21. The number of para-hydroxylation sites is 1. The van der Waals surface area contributed by atoms with Crippen molar-refractivity contribution in [1.29, 1.82) is 0 Å². The van der Waals surface area contributed by atoms with E-state index in [4.69, 9.17) is 19.4 Å². The van der Waals surface area contributed by atoms with Crippen molar-refractivity contribution < 1.29 is 4.42 Å². The Bertz CT molecular complexity index is 3720. The standard InChI is InChI=1S/C60H40N4O/c1-39-15-5-2-10-22-50-49-23-13-14-24-55(49)65-56(50)38-51(39)47-34-35-53-52(37-47)57-48-21-12-11-18-44(48)33-36-54(57)64(53)60-62-58(45-19-8-4-9-20-45)61-59(63-60)46-31-29-43(30-32-46)42-27-25-41(26-28-42)40-16-6-3-7-17-40/h2-21,23-38H,1,22H2/b10-2-,15-5-,51-38?. The highest BCUT2D eigenvalue weighted by Crippen LogP contribution is 2.40. The second-order valence-electron chi connectivity index (χ2n) is 16.4. The van der Waals surface area contributed by atoms with Crippen LogP contribution >= 0.6 is 0 Å². The summed E-state index contributed by atoms with van der Waals surface area (Å²) in [5.74, 6) is 2.58. The average Bonchev–Trinajstić information content (AvgIpc) is 3.90. The zero-order chi connectivity index (χ0) is 43.3. The molecule has 0 spiro atoms. The summed E-state index contributed by atoms with van der Waals surface area (Å²) in [4.78, 5) is 15.7. The Hall–Kier alpha value is -8.67. The van der Waals surface area contributed by atoms with Crippen LogP contribution in [0.1, 0.15) is 16.9 Å². The number of furan rings is 1. The second kappa shape index (κ2) is 15.9. The van der Waals surface area contributed by atoms with E-state index in [0.717, 1.165) is 100 Å². The van der Waals surface area contributed by atoms with Crippen molar-refractivity contribution in [2.24, 2.45) is 0 Å². The predicted molar refractivity (Wildman–Crippen MR) is 269 cm³/mol. The van der Waals surface area contributed by atoms with Crippen molar-refractivity contribution in [3.05, 3.63) is 241 Å². The Kier molecular flexibility index (Phi) is 9.31. The molecule has 0 aliphatic heterocycles. The summed E-state index contributed by atoms with van der Waals surface area (Å²) in [6.07, 6.45) is 11.3. The van der Waals surface area contributed by atoms with Gasteiger partial charge in [-0.05, 0) is 86.5 Å². The molecule has 0 saturated carbocycles. The summed E-state index contributed by atoms with van der Waals surface area (Å²) in [7, 11) is 0. The van der Waals surface area contributed by atoms with E-state index >= 15 is 0 Å². The number of hydrogen-bond acceptors (Lipinski definition) is 4. The van der Waals surface area contributed by atoms with Gasteiger partial charge in [0.25, 0.3) is 0 Å². The average molecular weight is 833 g/mol. The van der Waals surface area contributed by atoms with Crippen molar-refractivity contribution in [2.45, 2.75) is 6.42 Å². The molecule has 65 heavy (non-hydrogen) atoms. The first-order valence-corrected chi connectivity index (χ1v) is 21.9. The molecular weight excluding hydrogens is 793 g/mol. The third-order valence-electron chi connectivity index (χ3n) is 12.5. The summed E-state index contributed by atoms with van der Waals surface area (Å²) in [6.45, 7) is 4.57. The fourth-order valence-corrected chi connectivity index (χ4v) is 9.24. The van der Waals surface area contributed by atoms with Crippen LogP contribution in [0.5, 0.6) is 0 Å². The van der Waals surface area contributed by atoms with Crippen LogP contribution < -0.4 is 0 Å². The maximum atomic E-state index is 6.54. The van der Waals surface area contributed by atoms with E-state index in [9.17, 15) is 0 Å². The van der Waals surface area contributed by atoms with E-state index in [1.807, 2.05) is 48.5 Å². The van der Waals surface area contributed by atoms with Gasteiger partial charge in [-0.3, -0.25) is 4.57 Å². The highest BCUT2D eigenvalue weighted by Gasteiger charge is 2.21. The van der Waals surface area contributed by atoms with Crippen molar-refractivity contribution >= 4 is 55.2 Å². The van der Waals surface area contributed by atoms with E-state index in [1.54, 1.807) is 0 Å². The molecule has 3 aromatic heterocycles. The molecule has 1 aliphatic carbocycles. The molecule has 0 fully saturated rings. The molecule has 0 unspecified atom stereocenters. The molecule has 3 heterocycles. The van der Waals surface area contributed by atoms with Crippen LogP contribution in [0.2, 0.25) is 0 Å². The van der Waals surface area contributed by atoms with Crippen molar-refractivity contribution in [1.82, 2.24) is 19.5 Å². The molecule has 0 amide bonds. The molecule has 5 nitrogen and oxygen atoms in total. The van der Waals surface area contributed by atoms with Crippen LogP contribution in [-0.4, -0.2) is 19.5 Å². The Morgan fingerprint density at radius 3 is 1.77 bits per heavy atom. The lowest BCUT2D eigenvalue weighted by Crippen LogP contribution is -2.06. The Balaban J connectivity index is 1.03. The molecule has 12 rings (SSSR count). The molecule has 1 aliphatic rings. The first-order valence-electron chi connectivity index (χ1n) is 21.9. The fourth-order valence-electron chi connectivity index (χ4n) is 9.24. The maximum absolute atomic E-state index is 6.54. The van der Waals surface area contributed by atoms with E-state index < -0.39 is 0 Å². The first-order chi connectivity index (χ1) is 32.1. The number of aromatic nitrogens is 4. The molecule has 0 N–H and O–H groups in total. The van der Waals surface area contributed by atoms with Gasteiger partial charge in [0, 0.05) is 32.8 Å². The summed E-state index contributed by atoms with van der Waals surface area (Å²) in [5.41, 5.74) is 13.4. The van der Waals surface area contributed by atoms with Gasteiger partial charge >= 0.3 is 0 Å². The van der Waals surface area contributed by atoms with Gasteiger partial charge in [-0.1, -0.05) is 195 Å². The predicted octanol–water partition coefficient (Wildman–Crippen LogP) is 15.3. The highest BCUT2D eigenvalue weighted by atomic mass is 16.3. The van der Waals surface area contributed by atoms with E-state index in [1.165, 1.54) is 11.1 Å². The monoisotopic (exact) mass is 832 g/mol. The van der Waals surface area contributed by atoms with Gasteiger partial charge < -0.3 is 4.42 Å². The van der Waals surface area contributed by atoms with Crippen LogP contribution in [0, 0.1) is 0 Å². The van der Waals surface area contributed by atoms with Gasteiger partial charge in [0.05, 0.1) is 11.0 Å². The number of rotatable bonds is 6. The van der Waals surface area contributed by atoms with E-state index in [0.29, 0.717) is 17.6 Å². The number of benzene rings is 8. The minimum absolute atomic E-state index is 0.543. The van der Waals surface area contributed by atoms with Crippen molar-refractivity contribution in [3.63, 3.8) is 0 Å². The van der Waals surface area contributed by atoms with Crippen LogP contribution in [0.3, 0.4) is 0 Å². The summed E-state index contributed by atoms with van der Waals surface area (Å²) < 4.78 is 8.74. The van der Waals surface area contributed by atoms with E-state index in [2.05, 4.69) is 181 Å². The first kappa shape index (κ1) is 38.0. The zero-order valence-corrected chi connectivity index (χ0v) is 35.4. The minimum Gasteiger partial charge on any atom is -0.456 e. The lowest BCUT2D eigenvalue weighted by atomic mass is 9.93. The lowest BCUT2D eigenvalue weighted by molar-refractivity contribution is 0.600. The van der Waals surface area contributed by atoms with Gasteiger partial charge in [0.15, 0.2) is 11.6 Å². The fraction of sp³-hybridized carbons (Fsp3) is 0.0167. The molecule has 0 radical (unpaired) electrons. The Morgan fingerprint density at radius 2 is 1.05 bits per heavy atom. The van der Waals surface area contributed by atoms with Gasteiger partial charge in [0.1, 0.15) is 11.3 Å². The minimum atomic E-state index is 0.543. The third-order valence-corrected chi connectivity index (χ3v) is 12.5.